The average Bonchev–Trinajstić information content (AvgIpc) is 2.72. The average molecular weight is 384 g/mol. The molecule has 0 atom stereocenters. The Morgan fingerprint density at radius 3 is 2.57 bits per heavy atom. The van der Waals surface area contributed by atoms with E-state index in [1.54, 1.807) is 19.4 Å². The van der Waals surface area contributed by atoms with Crippen LogP contribution in [0.2, 0.25) is 0 Å². The molecule has 0 bridgehead atoms. The molecule has 8 nitrogen and oxygen atoms in total. The Balaban J connectivity index is 1.52. The normalized spacial score (nSPS) is 14.3. The number of methoxy groups -OCH3 is 1. The van der Waals surface area contributed by atoms with E-state index >= 15 is 0 Å². The smallest absolute Gasteiger partial charge is 0.317 e. The van der Waals surface area contributed by atoms with Crippen LogP contribution in [0.25, 0.3) is 0 Å². The Morgan fingerprint density at radius 2 is 1.96 bits per heavy atom. The fourth-order valence-corrected chi connectivity index (χ4v) is 3.06. The molecule has 0 aromatic carbocycles. The summed E-state index contributed by atoms with van der Waals surface area (Å²) >= 11 is 0. The molecule has 0 aliphatic carbocycles. The topological polar surface area (TPSA) is 83.5 Å². The largest absolute Gasteiger partial charge is 0.481 e. The summed E-state index contributed by atoms with van der Waals surface area (Å²) in [5.41, 5.74) is 1.91. The van der Waals surface area contributed by atoms with Crippen LogP contribution in [0.15, 0.2) is 24.4 Å². The summed E-state index contributed by atoms with van der Waals surface area (Å²) in [6.45, 7) is 9.46. The van der Waals surface area contributed by atoms with Crippen LogP contribution < -0.4 is 15.0 Å². The van der Waals surface area contributed by atoms with Crippen LogP contribution in [0.1, 0.15) is 36.8 Å². The maximum Gasteiger partial charge on any atom is 0.317 e. The number of aromatic nitrogens is 3. The molecule has 2 aromatic rings. The monoisotopic (exact) mass is 384 g/mol. The van der Waals surface area contributed by atoms with E-state index in [1.807, 2.05) is 24.0 Å². The van der Waals surface area contributed by atoms with E-state index in [1.165, 1.54) is 0 Å². The van der Waals surface area contributed by atoms with Crippen molar-refractivity contribution in [2.75, 3.05) is 38.2 Å². The lowest BCUT2D eigenvalue weighted by Gasteiger charge is -2.35. The Kier molecular flexibility index (Phi) is 6.28. The fraction of sp³-hybridized carbons (Fsp3) is 0.500. The number of rotatable bonds is 5. The molecule has 3 heterocycles. The van der Waals surface area contributed by atoms with Gasteiger partial charge < -0.3 is 19.9 Å². The number of amides is 2. The molecule has 0 saturated carbocycles. The number of nitrogens with zero attached hydrogens (tertiary/aromatic N) is 5. The number of urea groups is 1. The molecule has 1 fully saturated rings. The van der Waals surface area contributed by atoms with Gasteiger partial charge in [0.2, 0.25) is 5.88 Å². The van der Waals surface area contributed by atoms with Crippen LogP contribution in [0.5, 0.6) is 5.88 Å². The van der Waals surface area contributed by atoms with Crippen LogP contribution in [-0.4, -0.2) is 59.2 Å². The lowest BCUT2D eigenvalue weighted by Crippen LogP contribution is -2.52. The Hall–Kier alpha value is -2.90. The first-order valence-electron chi connectivity index (χ1n) is 9.58. The van der Waals surface area contributed by atoms with Crippen LogP contribution in [0.3, 0.4) is 0 Å². The van der Waals surface area contributed by atoms with E-state index in [4.69, 9.17) is 9.72 Å². The SMILES string of the molecule is COc1ccc(CNC(=O)N2CCN(c3cc(C)nc(C(C)C)n3)CC2)cn1. The van der Waals surface area contributed by atoms with Crippen LogP contribution in [0, 0.1) is 6.92 Å². The highest BCUT2D eigenvalue weighted by Gasteiger charge is 2.22. The lowest BCUT2D eigenvalue weighted by molar-refractivity contribution is 0.194. The Labute approximate surface area is 166 Å². The van der Waals surface area contributed by atoms with Crippen molar-refractivity contribution < 1.29 is 9.53 Å². The predicted molar refractivity (Wildman–Crippen MR) is 108 cm³/mol. The van der Waals surface area contributed by atoms with E-state index in [0.29, 0.717) is 25.5 Å². The van der Waals surface area contributed by atoms with E-state index in [0.717, 1.165) is 36.0 Å². The highest BCUT2D eigenvalue weighted by atomic mass is 16.5. The molecule has 2 amide bonds. The molecule has 2 aromatic heterocycles. The van der Waals surface area contributed by atoms with E-state index in [2.05, 4.69) is 34.0 Å². The standard InChI is InChI=1S/C20H28N6O2/c1-14(2)19-23-15(3)11-17(24-19)25-7-9-26(10-8-25)20(27)22-13-16-5-6-18(28-4)21-12-16/h5-6,11-12,14H,7-10,13H2,1-4H3,(H,22,27). The van der Waals surface area contributed by atoms with Crippen molar-refractivity contribution >= 4 is 11.8 Å². The summed E-state index contributed by atoms with van der Waals surface area (Å²) in [5, 5.41) is 2.96. The highest BCUT2D eigenvalue weighted by molar-refractivity contribution is 5.74. The molecule has 8 heteroatoms. The van der Waals surface area contributed by atoms with Crippen LogP contribution in [-0.2, 0) is 6.54 Å². The molecular formula is C20H28N6O2. The Bertz CT molecular complexity index is 801. The molecule has 150 valence electrons. The van der Waals surface area contributed by atoms with Crippen molar-refractivity contribution in [3.8, 4) is 5.88 Å². The molecule has 0 spiro atoms. The number of pyridine rings is 1. The van der Waals surface area contributed by atoms with Crippen molar-refractivity contribution in [2.24, 2.45) is 0 Å². The number of anilines is 1. The number of piperazine rings is 1. The van der Waals surface area contributed by atoms with Crippen molar-refractivity contribution in [3.63, 3.8) is 0 Å². The van der Waals surface area contributed by atoms with Gasteiger partial charge in [-0.1, -0.05) is 19.9 Å². The molecule has 1 N–H and O–H groups in total. The zero-order valence-corrected chi connectivity index (χ0v) is 17.0. The predicted octanol–water partition coefficient (Wildman–Crippen LogP) is 2.34. The molecule has 28 heavy (non-hydrogen) atoms. The minimum absolute atomic E-state index is 0.0581. The lowest BCUT2D eigenvalue weighted by atomic mass is 10.2. The van der Waals surface area contributed by atoms with Gasteiger partial charge >= 0.3 is 6.03 Å². The number of carbonyl (C=O) groups is 1. The molecular weight excluding hydrogens is 356 g/mol. The summed E-state index contributed by atoms with van der Waals surface area (Å²) in [4.78, 5) is 29.9. The van der Waals surface area contributed by atoms with Gasteiger partial charge in [-0.2, -0.15) is 0 Å². The number of carbonyl (C=O) groups excluding carboxylic acids is 1. The maximum atomic E-state index is 12.5. The minimum Gasteiger partial charge on any atom is -0.481 e. The van der Waals surface area contributed by atoms with Gasteiger partial charge in [0, 0.05) is 62.7 Å². The highest BCUT2D eigenvalue weighted by Crippen LogP contribution is 2.18. The quantitative estimate of drug-likeness (QED) is 0.852. The van der Waals surface area contributed by atoms with Crippen LogP contribution >= 0.6 is 0 Å². The van der Waals surface area contributed by atoms with Crippen molar-refractivity contribution in [3.05, 3.63) is 41.5 Å². The van der Waals surface area contributed by atoms with E-state index in [-0.39, 0.29) is 11.9 Å². The first kappa shape index (κ1) is 19.9. The maximum absolute atomic E-state index is 12.5. The molecule has 0 radical (unpaired) electrons. The summed E-state index contributed by atoms with van der Waals surface area (Å²) < 4.78 is 5.04. The second kappa shape index (κ2) is 8.86. The second-order valence-corrected chi connectivity index (χ2v) is 7.22. The summed E-state index contributed by atoms with van der Waals surface area (Å²) in [6.07, 6.45) is 1.71. The van der Waals surface area contributed by atoms with Gasteiger partial charge in [-0.3, -0.25) is 0 Å². The first-order chi connectivity index (χ1) is 13.5. The van der Waals surface area contributed by atoms with Gasteiger partial charge in [0.15, 0.2) is 0 Å². The summed E-state index contributed by atoms with van der Waals surface area (Å²) in [6, 6.07) is 5.64. The summed E-state index contributed by atoms with van der Waals surface area (Å²) in [7, 11) is 1.58. The van der Waals surface area contributed by atoms with Gasteiger partial charge in [0.05, 0.1) is 7.11 Å². The number of hydrogen-bond donors (Lipinski definition) is 1. The van der Waals surface area contributed by atoms with Gasteiger partial charge in [-0.05, 0) is 12.5 Å². The van der Waals surface area contributed by atoms with Gasteiger partial charge in [0.25, 0.3) is 0 Å². The third kappa shape index (κ3) is 4.88. The van der Waals surface area contributed by atoms with E-state index < -0.39 is 0 Å². The van der Waals surface area contributed by atoms with Crippen LogP contribution in [0.4, 0.5) is 10.6 Å². The number of ether oxygens (including phenoxy) is 1. The molecule has 0 unspecified atom stereocenters. The fourth-order valence-electron chi connectivity index (χ4n) is 3.06. The third-order valence-corrected chi connectivity index (χ3v) is 4.72. The number of nitrogens with one attached hydrogen (secondary N) is 1. The van der Waals surface area contributed by atoms with E-state index in [9.17, 15) is 4.79 Å². The zero-order chi connectivity index (χ0) is 20.1. The third-order valence-electron chi connectivity index (χ3n) is 4.72. The molecule has 3 rings (SSSR count). The number of aryl methyl sites for hydroxylation is 1. The minimum atomic E-state index is -0.0581. The van der Waals surface area contributed by atoms with Crippen molar-refractivity contribution in [1.82, 2.24) is 25.2 Å². The summed E-state index contributed by atoms with van der Waals surface area (Å²) in [5.74, 6) is 2.66. The van der Waals surface area contributed by atoms with Gasteiger partial charge in [-0.15, -0.1) is 0 Å². The number of hydrogen-bond acceptors (Lipinski definition) is 6. The van der Waals surface area contributed by atoms with Gasteiger partial charge in [0.1, 0.15) is 11.6 Å². The molecule has 1 saturated heterocycles. The van der Waals surface area contributed by atoms with Crippen molar-refractivity contribution in [1.29, 1.82) is 0 Å². The Morgan fingerprint density at radius 1 is 1.21 bits per heavy atom. The second-order valence-electron chi connectivity index (χ2n) is 7.22. The first-order valence-corrected chi connectivity index (χ1v) is 9.58. The molecule has 1 aliphatic rings. The molecule has 1 aliphatic heterocycles. The van der Waals surface area contributed by atoms with Crippen molar-refractivity contribution in [2.45, 2.75) is 33.2 Å². The zero-order valence-electron chi connectivity index (χ0n) is 17.0. The van der Waals surface area contributed by atoms with Gasteiger partial charge in [-0.25, -0.2) is 19.7 Å².